The third-order valence-corrected chi connectivity index (χ3v) is 9.26. The van der Waals surface area contributed by atoms with Gasteiger partial charge in [-0.1, -0.05) is 30.3 Å². The van der Waals surface area contributed by atoms with E-state index in [2.05, 4.69) is 20.6 Å². The van der Waals surface area contributed by atoms with Gasteiger partial charge in [0.05, 0.1) is 29.6 Å². The van der Waals surface area contributed by atoms with E-state index in [0.717, 1.165) is 17.9 Å². The van der Waals surface area contributed by atoms with Crippen molar-refractivity contribution in [3.05, 3.63) is 112 Å². The fraction of sp³-hybridized carbons (Fsp3) is 0.176. The summed E-state index contributed by atoms with van der Waals surface area (Å²) in [6.45, 7) is 0.332. The molecule has 5 aromatic rings. The fourth-order valence-corrected chi connectivity index (χ4v) is 7.10. The van der Waals surface area contributed by atoms with Crippen molar-refractivity contribution < 1.29 is 37.1 Å². The number of methoxy groups -OCH3 is 1. The number of nitrogens with one attached hydrogen (secondary N) is 4. The van der Waals surface area contributed by atoms with Crippen LogP contribution >= 0.6 is 0 Å². The van der Waals surface area contributed by atoms with Crippen LogP contribution in [-0.4, -0.2) is 47.1 Å². The Morgan fingerprint density at radius 2 is 1.74 bits per heavy atom. The molecule has 9 nitrogen and oxygen atoms in total. The number of hydrogen-bond donors (Lipinski definition) is 4. The van der Waals surface area contributed by atoms with Gasteiger partial charge in [-0.3, -0.25) is 14.4 Å². The Bertz CT molecular complexity index is 2240. The quantitative estimate of drug-likeness (QED) is 0.109. The number of aromatic nitrogens is 2. The van der Waals surface area contributed by atoms with Crippen molar-refractivity contribution in [3.63, 3.8) is 0 Å². The Kier molecular flexibility index (Phi) is 5.71. The molecule has 1 aliphatic heterocycles. The van der Waals surface area contributed by atoms with E-state index in [0.29, 0.717) is 35.1 Å². The number of esters is 1. The molecule has 1 amide bonds. The number of carbonyl (C=O) groups is 4. The van der Waals surface area contributed by atoms with Crippen molar-refractivity contribution in [2.45, 2.75) is 18.0 Å². The molecule has 1 saturated heterocycles. The molecule has 230 valence electrons. The lowest BCUT2D eigenvalue weighted by Gasteiger charge is -2.26. The van der Waals surface area contributed by atoms with Crippen molar-refractivity contribution in [1.82, 2.24) is 15.3 Å². The lowest BCUT2D eigenvalue weighted by molar-refractivity contribution is -0.141. The average Bonchev–Trinajstić information content (AvgIpc) is 3.34. The number of halogens is 3. The molecule has 3 heterocycles. The minimum absolute atomic E-state index is 0.0455. The number of Topliss-reactive ketones (excluding diaryl/α,β-unsaturated/α-hetero) is 2. The summed E-state index contributed by atoms with van der Waals surface area (Å²) in [4.78, 5) is 58.6. The number of allylic oxidation sites excluding steroid dienone is 2. The van der Waals surface area contributed by atoms with Crippen LogP contribution in [-0.2, 0) is 16.3 Å². The first-order chi connectivity index (χ1) is 22.0. The van der Waals surface area contributed by atoms with Gasteiger partial charge in [0.2, 0.25) is 11.6 Å². The molecule has 4 N–H and O–H groups in total. The third-order valence-electron chi connectivity index (χ3n) is 9.26. The number of H-pyrrole nitrogens is 2. The summed E-state index contributed by atoms with van der Waals surface area (Å²) in [6.07, 6.45) is -4.60. The second-order valence-electron chi connectivity index (χ2n) is 11.8. The number of alkyl halides is 3. The van der Waals surface area contributed by atoms with E-state index in [1.54, 1.807) is 30.3 Å². The lowest BCUT2D eigenvalue weighted by Crippen LogP contribution is -2.33. The number of fused-ring (bicyclic) bond motifs is 3. The minimum Gasteiger partial charge on any atom is -0.465 e. The van der Waals surface area contributed by atoms with Gasteiger partial charge in [0.15, 0.2) is 0 Å². The zero-order chi connectivity index (χ0) is 32.1. The van der Waals surface area contributed by atoms with Crippen molar-refractivity contribution in [3.8, 4) is 0 Å². The molecule has 2 unspecified atom stereocenters. The monoisotopic (exact) mass is 624 g/mol. The van der Waals surface area contributed by atoms with E-state index in [1.165, 1.54) is 6.07 Å². The largest absolute Gasteiger partial charge is 0.465 e. The minimum atomic E-state index is -4.98. The van der Waals surface area contributed by atoms with Crippen LogP contribution in [0.15, 0.2) is 78.0 Å². The molecule has 2 fully saturated rings. The van der Waals surface area contributed by atoms with Crippen molar-refractivity contribution >= 4 is 50.8 Å². The highest BCUT2D eigenvalue weighted by molar-refractivity contribution is 6.33. The molecular weight excluding hydrogens is 601 g/mol. The Morgan fingerprint density at radius 3 is 2.48 bits per heavy atom. The number of anilines is 1. The first kappa shape index (κ1) is 27.9. The number of piperidine rings is 1. The summed E-state index contributed by atoms with van der Waals surface area (Å²) in [7, 11) is 0.976. The van der Waals surface area contributed by atoms with Crippen LogP contribution in [0.4, 0.5) is 18.9 Å². The predicted molar refractivity (Wildman–Crippen MR) is 161 cm³/mol. The van der Waals surface area contributed by atoms with Gasteiger partial charge in [-0.05, 0) is 59.5 Å². The zero-order valence-electron chi connectivity index (χ0n) is 24.0. The Morgan fingerprint density at radius 1 is 0.957 bits per heavy atom. The highest BCUT2D eigenvalue weighted by atomic mass is 19.4. The number of rotatable bonds is 5. The Labute approximate surface area is 257 Å². The SMILES string of the molecule is COC(=O)c1c(C(F)(F)F)[nH]c2c1C13CC1CNC3=C(C(=O)c1cc3cc(NC(=O)c4ccc5ccccc5c4)ccc3[nH]1)C2=O. The van der Waals surface area contributed by atoms with Gasteiger partial charge in [-0.2, -0.15) is 13.2 Å². The summed E-state index contributed by atoms with van der Waals surface area (Å²) in [5.74, 6) is -3.37. The summed E-state index contributed by atoms with van der Waals surface area (Å²) < 4.78 is 46.9. The van der Waals surface area contributed by atoms with Gasteiger partial charge >= 0.3 is 12.1 Å². The molecule has 1 saturated carbocycles. The van der Waals surface area contributed by atoms with Crippen LogP contribution in [0.5, 0.6) is 0 Å². The van der Waals surface area contributed by atoms with Crippen molar-refractivity contribution in [1.29, 1.82) is 0 Å². The van der Waals surface area contributed by atoms with Gasteiger partial charge in [0.1, 0.15) is 5.69 Å². The normalized spacial score (nSPS) is 19.8. The average molecular weight is 625 g/mol. The van der Waals surface area contributed by atoms with Gasteiger partial charge in [-0.15, -0.1) is 0 Å². The molecule has 1 spiro atoms. The smallest absolute Gasteiger partial charge is 0.432 e. The molecule has 2 atom stereocenters. The molecular formula is C34H23F3N4O5. The maximum atomic E-state index is 14.1. The van der Waals surface area contributed by atoms with Crippen molar-refractivity contribution in [2.24, 2.45) is 5.92 Å². The number of aromatic amines is 2. The van der Waals surface area contributed by atoms with Gasteiger partial charge in [-0.25, -0.2) is 4.79 Å². The second kappa shape index (κ2) is 9.43. The first-order valence-electron chi connectivity index (χ1n) is 14.4. The van der Waals surface area contributed by atoms with Crippen LogP contribution in [0.2, 0.25) is 0 Å². The number of hydrogen-bond acceptors (Lipinski definition) is 6. The Balaban J connectivity index is 1.14. The number of benzene rings is 3. The van der Waals surface area contributed by atoms with E-state index in [4.69, 9.17) is 4.74 Å². The second-order valence-corrected chi connectivity index (χ2v) is 11.8. The predicted octanol–water partition coefficient (Wildman–Crippen LogP) is 5.90. The number of ether oxygens (including phenoxy) is 1. The summed E-state index contributed by atoms with van der Waals surface area (Å²) in [5, 5.41) is 8.43. The zero-order valence-corrected chi connectivity index (χ0v) is 24.0. The first-order valence-corrected chi connectivity index (χ1v) is 14.4. The number of amides is 1. The molecule has 0 radical (unpaired) electrons. The summed E-state index contributed by atoms with van der Waals surface area (Å²) in [6, 6.07) is 19.6. The molecule has 8 rings (SSSR count). The van der Waals surface area contributed by atoms with Crippen LogP contribution in [0.25, 0.3) is 21.7 Å². The van der Waals surface area contributed by atoms with E-state index >= 15 is 0 Å². The van der Waals surface area contributed by atoms with E-state index in [9.17, 15) is 32.3 Å². The number of carbonyl (C=O) groups excluding carboxylic acids is 4. The van der Waals surface area contributed by atoms with E-state index in [1.807, 2.05) is 30.3 Å². The van der Waals surface area contributed by atoms with E-state index < -0.39 is 46.1 Å². The molecule has 46 heavy (non-hydrogen) atoms. The molecule has 3 aromatic carbocycles. The topological polar surface area (TPSA) is 133 Å². The highest BCUT2D eigenvalue weighted by Crippen LogP contribution is 2.66. The standard InChI is InChI=1S/C34H23F3N4O5/c1-46-32(45)23-25-26(41-30(23)34(35,36)37)28(43)24(29-33(25)13-19(33)14-38-29)27(42)22-12-18-11-20(8-9-21(18)40-22)39-31(44)17-7-6-15-4-2-3-5-16(15)10-17/h2-12,19,38,40-41H,13-14H2,1H3,(H,39,44). The maximum absolute atomic E-state index is 14.1. The summed E-state index contributed by atoms with van der Waals surface area (Å²) >= 11 is 0. The van der Waals surface area contributed by atoms with Gasteiger partial charge in [0, 0.05) is 45.4 Å². The lowest BCUT2D eigenvalue weighted by atomic mass is 9.78. The van der Waals surface area contributed by atoms with Gasteiger partial charge < -0.3 is 25.3 Å². The molecule has 0 bridgehead atoms. The number of ketones is 2. The third kappa shape index (κ3) is 3.88. The highest BCUT2D eigenvalue weighted by Gasteiger charge is 2.68. The van der Waals surface area contributed by atoms with Crippen LogP contribution in [0.3, 0.4) is 0 Å². The van der Waals surface area contributed by atoms with Crippen LogP contribution in [0, 0.1) is 5.92 Å². The van der Waals surface area contributed by atoms with Crippen LogP contribution < -0.4 is 10.6 Å². The van der Waals surface area contributed by atoms with Gasteiger partial charge in [0.25, 0.3) is 5.91 Å². The molecule has 12 heteroatoms. The maximum Gasteiger partial charge on any atom is 0.432 e. The summed E-state index contributed by atoms with van der Waals surface area (Å²) in [5.41, 5.74) is -2.22. The van der Waals surface area contributed by atoms with Crippen molar-refractivity contribution in [2.75, 3.05) is 19.0 Å². The Hall–Kier alpha value is -5.65. The molecule has 2 aromatic heterocycles. The molecule has 2 aliphatic carbocycles. The van der Waals surface area contributed by atoms with E-state index in [-0.39, 0.29) is 34.4 Å². The fourth-order valence-electron chi connectivity index (χ4n) is 7.10. The van der Waals surface area contributed by atoms with Crippen LogP contribution in [0.1, 0.15) is 59.4 Å². The molecule has 3 aliphatic rings.